The van der Waals surface area contributed by atoms with E-state index in [1.165, 1.54) is 19.1 Å². The summed E-state index contributed by atoms with van der Waals surface area (Å²) in [6, 6.07) is 3.99. The quantitative estimate of drug-likeness (QED) is 0.756. The summed E-state index contributed by atoms with van der Waals surface area (Å²) in [5.74, 6) is -0.692. The average Bonchev–Trinajstić information content (AvgIpc) is 2.33. The molecule has 5 heteroatoms. The van der Waals surface area contributed by atoms with Crippen molar-refractivity contribution in [3.05, 3.63) is 29.6 Å². The van der Waals surface area contributed by atoms with E-state index in [4.69, 9.17) is 9.47 Å². The molecule has 0 radical (unpaired) electrons. The van der Waals surface area contributed by atoms with E-state index in [1.54, 1.807) is 0 Å². The molecular formula is C13H17FO4. The van der Waals surface area contributed by atoms with E-state index < -0.39 is 11.9 Å². The van der Waals surface area contributed by atoms with Crippen molar-refractivity contribution in [2.45, 2.75) is 20.0 Å². The lowest BCUT2D eigenvalue weighted by Gasteiger charge is -2.12. The minimum absolute atomic E-state index is 0.0128. The van der Waals surface area contributed by atoms with Gasteiger partial charge in [-0.05, 0) is 26.0 Å². The molecule has 0 saturated heterocycles. The number of carbonyl (C=O) groups excluding carboxylic acids is 1. The molecule has 0 bridgehead atoms. The van der Waals surface area contributed by atoms with Crippen LogP contribution in [-0.4, -0.2) is 36.8 Å². The van der Waals surface area contributed by atoms with Crippen LogP contribution in [0.4, 0.5) is 4.39 Å². The van der Waals surface area contributed by atoms with Gasteiger partial charge in [0.2, 0.25) is 0 Å². The van der Waals surface area contributed by atoms with Gasteiger partial charge in [-0.1, -0.05) is 0 Å². The number of hydrogen-bond acceptors (Lipinski definition) is 4. The first-order valence-corrected chi connectivity index (χ1v) is 5.73. The molecule has 1 N–H and O–H groups in total. The Hall–Kier alpha value is -1.46. The number of benzene rings is 1. The summed E-state index contributed by atoms with van der Waals surface area (Å²) < 4.78 is 23.6. The van der Waals surface area contributed by atoms with Gasteiger partial charge in [0, 0.05) is 12.7 Å². The molecule has 0 aliphatic heterocycles. The Morgan fingerprint density at radius 3 is 2.72 bits per heavy atom. The van der Waals surface area contributed by atoms with Crippen molar-refractivity contribution in [3.8, 4) is 5.75 Å². The second kappa shape index (κ2) is 7.08. The summed E-state index contributed by atoms with van der Waals surface area (Å²) in [5.41, 5.74) is 0.0252. The van der Waals surface area contributed by atoms with Gasteiger partial charge >= 0.3 is 0 Å². The highest BCUT2D eigenvalue weighted by Crippen LogP contribution is 2.17. The van der Waals surface area contributed by atoms with Crippen LogP contribution in [0, 0.1) is 5.82 Å². The molecule has 0 fully saturated rings. The van der Waals surface area contributed by atoms with Gasteiger partial charge in [0.1, 0.15) is 24.3 Å². The standard InChI is InChI=1S/C13H17FO4/c1-3-17-7-10(16)8-18-11-4-5-12(9(2)15)13(14)6-11/h4-6,10,16H,3,7-8H2,1-2H3. The van der Waals surface area contributed by atoms with Gasteiger partial charge in [-0.2, -0.15) is 0 Å². The summed E-state index contributed by atoms with van der Waals surface area (Å²) in [4.78, 5) is 11.0. The van der Waals surface area contributed by atoms with Crippen molar-refractivity contribution in [1.82, 2.24) is 0 Å². The van der Waals surface area contributed by atoms with Crippen LogP contribution in [-0.2, 0) is 4.74 Å². The number of halogens is 1. The third-order valence-electron chi connectivity index (χ3n) is 2.28. The van der Waals surface area contributed by atoms with E-state index in [-0.39, 0.29) is 30.3 Å². The monoisotopic (exact) mass is 256 g/mol. The van der Waals surface area contributed by atoms with Crippen LogP contribution in [0.15, 0.2) is 18.2 Å². The number of aliphatic hydroxyl groups is 1. The zero-order chi connectivity index (χ0) is 13.5. The van der Waals surface area contributed by atoms with Crippen LogP contribution in [0.5, 0.6) is 5.75 Å². The zero-order valence-electron chi connectivity index (χ0n) is 10.5. The molecule has 1 unspecified atom stereocenters. The maximum absolute atomic E-state index is 13.4. The SMILES string of the molecule is CCOCC(O)COc1ccc(C(C)=O)c(F)c1. The summed E-state index contributed by atoms with van der Waals surface area (Å²) in [6.45, 7) is 3.82. The molecule has 0 aliphatic carbocycles. The molecule has 1 aromatic carbocycles. The second-order valence-electron chi connectivity index (χ2n) is 3.82. The molecule has 4 nitrogen and oxygen atoms in total. The van der Waals surface area contributed by atoms with Gasteiger partial charge in [-0.15, -0.1) is 0 Å². The summed E-state index contributed by atoms with van der Waals surface area (Å²) in [7, 11) is 0. The lowest BCUT2D eigenvalue weighted by Crippen LogP contribution is -2.23. The lowest BCUT2D eigenvalue weighted by molar-refractivity contribution is 0.0164. The summed E-state index contributed by atoms with van der Waals surface area (Å²) in [6.07, 6.45) is -0.763. The topological polar surface area (TPSA) is 55.8 Å². The maximum atomic E-state index is 13.4. The van der Waals surface area contributed by atoms with E-state index in [9.17, 15) is 14.3 Å². The number of rotatable bonds is 7. The molecule has 0 spiro atoms. The number of Topliss-reactive ketones (excluding diaryl/α,β-unsaturated/α-hetero) is 1. The van der Waals surface area contributed by atoms with Gasteiger partial charge in [-0.25, -0.2) is 4.39 Å². The predicted octanol–water partition coefficient (Wildman–Crippen LogP) is 1.80. The second-order valence-corrected chi connectivity index (χ2v) is 3.82. The molecule has 0 heterocycles. The van der Waals surface area contributed by atoms with Gasteiger partial charge in [0.25, 0.3) is 0 Å². The maximum Gasteiger partial charge on any atom is 0.162 e. The number of hydrogen-bond donors (Lipinski definition) is 1. The fourth-order valence-electron chi connectivity index (χ4n) is 1.37. The molecular weight excluding hydrogens is 239 g/mol. The molecule has 0 aliphatic rings. The predicted molar refractivity (Wildman–Crippen MR) is 64.4 cm³/mol. The van der Waals surface area contributed by atoms with E-state index >= 15 is 0 Å². The first-order chi connectivity index (χ1) is 8.54. The fourth-order valence-corrected chi connectivity index (χ4v) is 1.37. The number of carbonyl (C=O) groups is 1. The highest BCUT2D eigenvalue weighted by atomic mass is 19.1. The third-order valence-corrected chi connectivity index (χ3v) is 2.28. The molecule has 100 valence electrons. The normalized spacial score (nSPS) is 12.2. The van der Waals surface area contributed by atoms with Crippen LogP contribution < -0.4 is 4.74 Å². The van der Waals surface area contributed by atoms with Crippen molar-refractivity contribution < 1.29 is 23.8 Å². The molecule has 1 atom stereocenters. The Kier molecular flexibility index (Phi) is 5.74. The Balaban J connectivity index is 2.53. The molecule has 1 rings (SSSR count). The van der Waals surface area contributed by atoms with Crippen LogP contribution in [0.1, 0.15) is 24.2 Å². The van der Waals surface area contributed by atoms with Gasteiger partial charge in [0.15, 0.2) is 5.78 Å². The van der Waals surface area contributed by atoms with Crippen LogP contribution >= 0.6 is 0 Å². The number of aliphatic hydroxyl groups excluding tert-OH is 1. The van der Waals surface area contributed by atoms with Crippen LogP contribution in [0.25, 0.3) is 0 Å². The molecule has 1 aromatic rings. The average molecular weight is 256 g/mol. The Bertz CT molecular complexity index is 406. The third kappa shape index (κ3) is 4.43. The van der Waals surface area contributed by atoms with Crippen molar-refractivity contribution in [3.63, 3.8) is 0 Å². The Morgan fingerprint density at radius 1 is 1.44 bits per heavy atom. The summed E-state index contributed by atoms with van der Waals surface area (Å²) in [5, 5.41) is 9.46. The first kappa shape index (κ1) is 14.6. The smallest absolute Gasteiger partial charge is 0.162 e. The molecule has 18 heavy (non-hydrogen) atoms. The van der Waals surface area contributed by atoms with E-state index in [0.29, 0.717) is 6.61 Å². The van der Waals surface area contributed by atoms with Crippen molar-refractivity contribution in [2.24, 2.45) is 0 Å². The van der Waals surface area contributed by atoms with E-state index in [2.05, 4.69) is 0 Å². The van der Waals surface area contributed by atoms with Gasteiger partial charge in [0.05, 0.1) is 12.2 Å². The minimum Gasteiger partial charge on any atom is -0.491 e. The molecule has 0 saturated carbocycles. The zero-order valence-corrected chi connectivity index (χ0v) is 10.5. The lowest BCUT2D eigenvalue weighted by atomic mass is 10.1. The van der Waals surface area contributed by atoms with E-state index in [0.717, 1.165) is 6.07 Å². The number of ether oxygens (including phenoxy) is 2. The molecule has 0 aromatic heterocycles. The van der Waals surface area contributed by atoms with E-state index in [1.807, 2.05) is 6.92 Å². The van der Waals surface area contributed by atoms with Crippen molar-refractivity contribution in [2.75, 3.05) is 19.8 Å². The number of ketones is 1. The highest BCUT2D eigenvalue weighted by Gasteiger charge is 2.10. The van der Waals surface area contributed by atoms with Gasteiger partial charge < -0.3 is 14.6 Å². The molecule has 0 amide bonds. The van der Waals surface area contributed by atoms with Crippen molar-refractivity contribution >= 4 is 5.78 Å². The van der Waals surface area contributed by atoms with Crippen molar-refractivity contribution in [1.29, 1.82) is 0 Å². The minimum atomic E-state index is -0.763. The Labute approximate surface area is 105 Å². The van der Waals surface area contributed by atoms with Crippen LogP contribution in [0.3, 0.4) is 0 Å². The van der Waals surface area contributed by atoms with Crippen LogP contribution in [0.2, 0.25) is 0 Å². The van der Waals surface area contributed by atoms with Gasteiger partial charge in [-0.3, -0.25) is 4.79 Å². The first-order valence-electron chi connectivity index (χ1n) is 5.73. The largest absolute Gasteiger partial charge is 0.491 e. The fraction of sp³-hybridized carbons (Fsp3) is 0.462. The highest BCUT2D eigenvalue weighted by molar-refractivity contribution is 5.94. The Morgan fingerprint density at radius 2 is 2.17 bits per heavy atom. The summed E-state index contributed by atoms with van der Waals surface area (Å²) >= 11 is 0.